The lowest BCUT2D eigenvalue weighted by molar-refractivity contribution is -0.110. The molecule has 0 aromatic heterocycles. The SMILES string of the molecule is O=C1Nc2ccc(S(=O)(=O)NCC3CC3)cc2/C1=C(/Nc1ccc2c(c1)OCCO2)c1ccccc1. The summed E-state index contributed by atoms with van der Waals surface area (Å²) in [6.07, 6.45) is 2.09. The van der Waals surface area contributed by atoms with Crippen molar-refractivity contribution in [3.05, 3.63) is 77.9 Å². The smallest absolute Gasteiger partial charge is 0.258 e. The van der Waals surface area contributed by atoms with Gasteiger partial charge in [-0.3, -0.25) is 4.79 Å². The van der Waals surface area contributed by atoms with Crippen molar-refractivity contribution in [1.29, 1.82) is 0 Å². The zero-order chi connectivity index (χ0) is 24.7. The van der Waals surface area contributed by atoms with Gasteiger partial charge in [-0.25, -0.2) is 13.1 Å². The van der Waals surface area contributed by atoms with E-state index < -0.39 is 10.0 Å². The zero-order valence-electron chi connectivity index (χ0n) is 19.4. The average Bonchev–Trinajstić information content (AvgIpc) is 3.67. The molecule has 9 heteroatoms. The van der Waals surface area contributed by atoms with Crippen LogP contribution in [0.1, 0.15) is 24.0 Å². The number of anilines is 2. The fourth-order valence-electron chi connectivity index (χ4n) is 4.34. The molecule has 0 bridgehead atoms. The van der Waals surface area contributed by atoms with Crippen LogP contribution in [0.3, 0.4) is 0 Å². The lowest BCUT2D eigenvalue weighted by Gasteiger charge is -2.20. The molecule has 6 rings (SSSR count). The molecule has 2 heterocycles. The second-order valence-corrected chi connectivity index (χ2v) is 10.8. The fraction of sp³-hybridized carbons (Fsp3) is 0.222. The molecule has 0 spiro atoms. The summed E-state index contributed by atoms with van der Waals surface area (Å²) in [7, 11) is -3.70. The van der Waals surface area contributed by atoms with Crippen LogP contribution in [0.15, 0.2) is 71.6 Å². The van der Waals surface area contributed by atoms with Gasteiger partial charge in [0.05, 0.1) is 16.2 Å². The Morgan fingerprint density at radius 3 is 2.50 bits per heavy atom. The molecule has 1 fully saturated rings. The Balaban J connectivity index is 1.44. The first kappa shape index (κ1) is 22.6. The van der Waals surface area contributed by atoms with Gasteiger partial charge in [-0.2, -0.15) is 0 Å². The lowest BCUT2D eigenvalue weighted by Crippen LogP contribution is -2.25. The van der Waals surface area contributed by atoms with Crippen LogP contribution < -0.4 is 24.8 Å². The largest absolute Gasteiger partial charge is 0.486 e. The molecule has 1 amide bonds. The number of ether oxygens (including phenoxy) is 2. The maximum absolute atomic E-state index is 13.2. The minimum absolute atomic E-state index is 0.127. The number of hydrogen-bond donors (Lipinski definition) is 3. The van der Waals surface area contributed by atoms with Crippen LogP contribution in [0, 0.1) is 5.92 Å². The van der Waals surface area contributed by atoms with Gasteiger partial charge in [-0.15, -0.1) is 0 Å². The average molecular weight is 504 g/mol. The Morgan fingerprint density at radius 1 is 0.944 bits per heavy atom. The summed E-state index contributed by atoms with van der Waals surface area (Å²) in [5.74, 6) is 1.38. The van der Waals surface area contributed by atoms with E-state index in [4.69, 9.17) is 9.47 Å². The molecule has 8 nitrogen and oxygen atoms in total. The van der Waals surface area contributed by atoms with E-state index in [1.165, 1.54) is 6.07 Å². The van der Waals surface area contributed by atoms with Crippen molar-refractivity contribution in [2.75, 3.05) is 30.4 Å². The van der Waals surface area contributed by atoms with Crippen LogP contribution in [0.4, 0.5) is 11.4 Å². The van der Waals surface area contributed by atoms with Crippen molar-refractivity contribution in [3.63, 3.8) is 0 Å². The minimum Gasteiger partial charge on any atom is -0.486 e. The first-order valence-electron chi connectivity index (χ1n) is 11.9. The zero-order valence-corrected chi connectivity index (χ0v) is 20.2. The molecular weight excluding hydrogens is 478 g/mol. The molecule has 0 saturated heterocycles. The minimum atomic E-state index is -3.70. The van der Waals surface area contributed by atoms with Crippen LogP contribution in [-0.4, -0.2) is 34.1 Å². The molecule has 0 atom stereocenters. The number of hydrogen-bond acceptors (Lipinski definition) is 6. The summed E-state index contributed by atoms with van der Waals surface area (Å²) in [6, 6.07) is 19.7. The first-order chi connectivity index (χ1) is 17.5. The second-order valence-electron chi connectivity index (χ2n) is 9.06. The highest BCUT2D eigenvalue weighted by Crippen LogP contribution is 2.40. The van der Waals surface area contributed by atoms with E-state index in [9.17, 15) is 13.2 Å². The Hall–Kier alpha value is -3.82. The standard InChI is InChI=1S/C27H25N3O5S/c31-27-25(21-15-20(9-10-22(21)30-27)36(32,33)28-16-17-6-7-17)26(18-4-2-1-3-5-18)29-19-8-11-23-24(14-19)35-13-12-34-23/h1-5,8-11,14-15,17,28-29H,6-7,12-13,16H2,(H,30,31)/b26-25-. The van der Waals surface area contributed by atoms with E-state index in [0.717, 1.165) is 18.4 Å². The summed E-state index contributed by atoms with van der Waals surface area (Å²) in [4.78, 5) is 13.4. The van der Waals surface area contributed by atoms with E-state index >= 15 is 0 Å². The van der Waals surface area contributed by atoms with Crippen LogP contribution >= 0.6 is 0 Å². The Bertz CT molecular complexity index is 1480. The van der Waals surface area contributed by atoms with Gasteiger partial charge in [0.15, 0.2) is 11.5 Å². The van der Waals surface area contributed by atoms with E-state index in [0.29, 0.717) is 65.4 Å². The number of sulfonamides is 1. The van der Waals surface area contributed by atoms with Crippen molar-refractivity contribution in [2.45, 2.75) is 17.7 Å². The van der Waals surface area contributed by atoms with Crippen molar-refractivity contribution >= 4 is 38.6 Å². The number of benzene rings is 3. The van der Waals surface area contributed by atoms with Crippen molar-refractivity contribution in [1.82, 2.24) is 4.72 Å². The van der Waals surface area contributed by atoms with Crippen LogP contribution in [0.5, 0.6) is 11.5 Å². The van der Waals surface area contributed by atoms with Gasteiger partial charge in [0.1, 0.15) is 13.2 Å². The quantitative estimate of drug-likeness (QED) is 0.420. The molecule has 36 heavy (non-hydrogen) atoms. The van der Waals surface area contributed by atoms with Crippen LogP contribution in [-0.2, 0) is 14.8 Å². The van der Waals surface area contributed by atoms with Gasteiger partial charge in [-0.1, -0.05) is 30.3 Å². The maximum atomic E-state index is 13.2. The summed E-state index contributed by atoms with van der Waals surface area (Å²) in [5, 5.41) is 6.26. The molecule has 3 N–H and O–H groups in total. The summed E-state index contributed by atoms with van der Waals surface area (Å²) in [5.41, 5.74) is 3.51. The predicted molar refractivity (Wildman–Crippen MR) is 137 cm³/mol. The molecular formula is C27H25N3O5S. The number of amides is 1. The third kappa shape index (κ3) is 4.43. The van der Waals surface area contributed by atoms with Crippen molar-refractivity contribution < 1.29 is 22.7 Å². The predicted octanol–water partition coefficient (Wildman–Crippen LogP) is 4.08. The topological polar surface area (TPSA) is 106 Å². The Labute approximate surface area is 209 Å². The molecule has 1 saturated carbocycles. The third-order valence-corrected chi connectivity index (χ3v) is 7.85. The molecule has 1 aliphatic carbocycles. The summed E-state index contributed by atoms with van der Waals surface area (Å²) < 4.78 is 39.9. The lowest BCUT2D eigenvalue weighted by atomic mass is 10.00. The number of carbonyl (C=O) groups is 1. The molecule has 2 aliphatic heterocycles. The van der Waals surface area contributed by atoms with Gasteiger partial charge in [0, 0.05) is 29.5 Å². The molecule has 184 valence electrons. The van der Waals surface area contributed by atoms with Gasteiger partial charge in [0.25, 0.3) is 5.91 Å². The van der Waals surface area contributed by atoms with Crippen LogP contribution in [0.25, 0.3) is 11.3 Å². The number of fused-ring (bicyclic) bond motifs is 2. The fourth-order valence-corrected chi connectivity index (χ4v) is 5.49. The van der Waals surface area contributed by atoms with Gasteiger partial charge >= 0.3 is 0 Å². The van der Waals surface area contributed by atoms with E-state index in [2.05, 4.69) is 15.4 Å². The second kappa shape index (κ2) is 9.00. The molecule has 3 aromatic rings. The van der Waals surface area contributed by atoms with Crippen molar-refractivity contribution in [3.8, 4) is 11.5 Å². The van der Waals surface area contributed by atoms with Gasteiger partial charge in [0.2, 0.25) is 10.0 Å². The van der Waals surface area contributed by atoms with E-state index in [-0.39, 0.29) is 10.8 Å². The molecule has 0 unspecified atom stereocenters. The van der Waals surface area contributed by atoms with Crippen LogP contribution in [0.2, 0.25) is 0 Å². The molecule has 3 aliphatic rings. The van der Waals surface area contributed by atoms with Gasteiger partial charge < -0.3 is 20.1 Å². The normalized spacial score (nSPS) is 17.8. The summed E-state index contributed by atoms with van der Waals surface area (Å²) >= 11 is 0. The first-order valence-corrected chi connectivity index (χ1v) is 13.4. The summed E-state index contributed by atoms with van der Waals surface area (Å²) in [6.45, 7) is 1.39. The third-order valence-electron chi connectivity index (χ3n) is 6.43. The van der Waals surface area contributed by atoms with Crippen molar-refractivity contribution in [2.24, 2.45) is 5.92 Å². The number of rotatable bonds is 7. The van der Waals surface area contributed by atoms with Gasteiger partial charge in [-0.05, 0) is 54.7 Å². The number of nitrogens with one attached hydrogen (secondary N) is 3. The van der Waals surface area contributed by atoms with E-state index in [1.54, 1.807) is 12.1 Å². The highest BCUT2D eigenvalue weighted by Gasteiger charge is 2.31. The Morgan fingerprint density at radius 2 is 1.72 bits per heavy atom. The molecule has 0 radical (unpaired) electrons. The maximum Gasteiger partial charge on any atom is 0.258 e. The Kier molecular flexibility index (Phi) is 5.66. The van der Waals surface area contributed by atoms with E-state index in [1.807, 2.05) is 48.5 Å². The highest BCUT2D eigenvalue weighted by atomic mass is 32.2. The number of carbonyl (C=O) groups excluding carboxylic acids is 1. The molecule has 3 aromatic carbocycles. The monoisotopic (exact) mass is 503 g/mol. The highest BCUT2D eigenvalue weighted by molar-refractivity contribution is 7.89.